The maximum absolute atomic E-state index is 12.0. The molecule has 4 nitrogen and oxygen atoms in total. The van der Waals surface area contributed by atoms with E-state index in [0.29, 0.717) is 10.9 Å². The smallest absolute Gasteiger partial charge is 0.250 e. The molecule has 0 unspecified atom stereocenters. The minimum Gasteiger partial charge on any atom is -0.303 e. The molecule has 0 bridgehead atoms. The van der Waals surface area contributed by atoms with E-state index in [1.165, 1.54) is 25.7 Å². The Kier molecular flexibility index (Phi) is 6.29. The van der Waals surface area contributed by atoms with Gasteiger partial charge in [0.15, 0.2) is 0 Å². The van der Waals surface area contributed by atoms with Crippen LogP contribution in [0.15, 0.2) is 16.3 Å². The summed E-state index contributed by atoms with van der Waals surface area (Å²) in [6.07, 6.45) is 6.02. The van der Waals surface area contributed by atoms with Crippen molar-refractivity contribution in [1.82, 2.24) is 9.62 Å². The SMILES string of the molecule is O=S(=O)(NCCCN1CCCCCC1)c1ccc(Cl)s1. The first kappa shape index (κ1) is 16.2. The van der Waals surface area contributed by atoms with Crippen molar-refractivity contribution >= 4 is 33.0 Å². The normalized spacial score (nSPS) is 18.1. The van der Waals surface area contributed by atoms with Crippen LogP contribution in [-0.4, -0.2) is 39.5 Å². The molecule has 1 aromatic rings. The van der Waals surface area contributed by atoms with Gasteiger partial charge < -0.3 is 4.90 Å². The Hall–Kier alpha value is -0.140. The van der Waals surface area contributed by atoms with E-state index in [1.807, 2.05) is 0 Å². The molecule has 0 saturated carbocycles. The van der Waals surface area contributed by atoms with E-state index in [1.54, 1.807) is 12.1 Å². The lowest BCUT2D eigenvalue weighted by Crippen LogP contribution is -2.30. The highest BCUT2D eigenvalue weighted by Crippen LogP contribution is 2.25. The zero-order chi connectivity index (χ0) is 14.4. The van der Waals surface area contributed by atoms with Gasteiger partial charge in [-0.2, -0.15) is 0 Å². The summed E-state index contributed by atoms with van der Waals surface area (Å²) in [5.74, 6) is 0. The predicted octanol–water partition coefficient (Wildman–Crippen LogP) is 2.95. The second-order valence-corrected chi connectivity index (χ2v) is 8.77. The van der Waals surface area contributed by atoms with Gasteiger partial charge in [0.2, 0.25) is 10.0 Å². The Morgan fingerprint density at radius 3 is 2.50 bits per heavy atom. The van der Waals surface area contributed by atoms with Crippen molar-refractivity contribution in [3.63, 3.8) is 0 Å². The third kappa shape index (κ3) is 5.00. The number of halogens is 1. The molecule has 0 radical (unpaired) electrons. The van der Waals surface area contributed by atoms with E-state index in [-0.39, 0.29) is 4.21 Å². The Morgan fingerprint density at radius 1 is 1.20 bits per heavy atom. The van der Waals surface area contributed by atoms with E-state index in [4.69, 9.17) is 11.6 Å². The van der Waals surface area contributed by atoms with Crippen molar-refractivity contribution in [2.24, 2.45) is 0 Å². The van der Waals surface area contributed by atoms with Crippen molar-refractivity contribution in [3.8, 4) is 0 Å². The highest BCUT2D eigenvalue weighted by molar-refractivity contribution is 7.91. The number of sulfonamides is 1. The van der Waals surface area contributed by atoms with Gasteiger partial charge in [0.05, 0.1) is 4.34 Å². The Balaban J connectivity index is 1.72. The lowest BCUT2D eigenvalue weighted by molar-refractivity contribution is 0.282. The number of likely N-dealkylation sites (tertiary alicyclic amines) is 1. The van der Waals surface area contributed by atoms with Gasteiger partial charge >= 0.3 is 0 Å². The topological polar surface area (TPSA) is 49.4 Å². The van der Waals surface area contributed by atoms with Gasteiger partial charge in [-0.3, -0.25) is 0 Å². The van der Waals surface area contributed by atoms with E-state index < -0.39 is 10.0 Å². The largest absolute Gasteiger partial charge is 0.303 e. The maximum atomic E-state index is 12.0. The fourth-order valence-corrected chi connectivity index (χ4v) is 4.98. The van der Waals surface area contributed by atoms with Gasteiger partial charge in [-0.05, 0) is 51.0 Å². The number of rotatable bonds is 6. The number of thiophene rings is 1. The minimum absolute atomic E-state index is 0.289. The summed E-state index contributed by atoms with van der Waals surface area (Å²) in [4.78, 5) is 2.43. The van der Waals surface area contributed by atoms with Gasteiger partial charge in [0.25, 0.3) is 0 Å². The lowest BCUT2D eigenvalue weighted by Gasteiger charge is -2.19. The molecular formula is C13H21ClN2O2S2. The zero-order valence-corrected chi connectivity index (χ0v) is 13.9. The maximum Gasteiger partial charge on any atom is 0.250 e. The van der Waals surface area contributed by atoms with Gasteiger partial charge in [-0.15, -0.1) is 11.3 Å². The first-order valence-corrected chi connectivity index (χ1v) is 9.73. The van der Waals surface area contributed by atoms with Gasteiger partial charge in [0, 0.05) is 6.54 Å². The summed E-state index contributed by atoms with van der Waals surface area (Å²) in [6.45, 7) is 3.74. The fraction of sp³-hybridized carbons (Fsp3) is 0.692. The van der Waals surface area contributed by atoms with Gasteiger partial charge in [-0.25, -0.2) is 13.1 Å². The zero-order valence-electron chi connectivity index (χ0n) is 11.5. The molecule has 2 heterocycles. The molecule has 0 atom stereocenters. The second-order valence-electron chi connectivity index (χ2n) is 5.07. The van der Waals surface area contributed by atoms with E-state index in [0.717, 1.165) is 37.4 Å². The molecular weight excluding hydrogens is 316 g/mol. The Bertz CT molecular complexity index is 508. The van der Waals surface area contributed by atoms with E-state index >= 15 is 0 Å². The molecule has 20 heavy (non-hydrogen) atoms. The molecule has 7 heteroatoms. The quantitative estimate of drug-likeness (QED) is 0.812. The van der Waals surface area contributed by atoms with Crippen LogP contribution in [0.25, 0.3) is 0 Å². The van der Waals surface area contributed by atoms with Crippen LogP contribution >= 0.6 is 22.9 Å². The van der Waals surface area contributed by atoms with Crippen LogP contribution in [0.2, 0.25) is 4.34 Å². The van der Waals surface area contributed by atoms with Crippen LogP contribution in [0.5, 0.6) is 0 Å². The van der Waals surface area contributed by atoms with E-state index in [2.05, 4.69) is 9.62 Å². The Morgan fingerprint density at radius 2 is 1.90 bits per heavy atom. The Labute approximate surface area is 130 Å². The minimum atomic E-state index is -3.38. The number of hydrogen-bond acceptors (Lipinski definition) is 4. The summed E-state index contributed by atoms with van der Waals surface area (Å²) in [6, 6.07) is 3.15. The average Bonchev–Trinajstić information content (AvgIpc) is 2.70. The van der Waals surface area contributed by atoms with Gasteiger partial charge in [0.1, 0.15) is 4.21 Å². The standard InChI is InChI=1S/C13H21ClN2O2S2/c14-12-6-7-13(19-12)20(17,18)15-8-5-11-16-9-3-1-2-4-10-16/h6-7,15H,1-5,8-11H2. The predicted molar refractivity (Wildman–Crippen MR) is 84.0 cm³/mol. The molecule has 1 aromatic heterocycles. The van der Waals surface area contributed by atoms with Crippen molar-refractivity contribution in [2.45, 2.75) is 36.3 Å². The lowest BCUT2D eigenvalue weighted by atomic mass is 10.2. The monoisotopic (exact) mass is 336 g/mol. The first-order valence-electron chi connectivity index (χ1n) is 7.05. The van der Waals surface area contributed by atoms with Crippen LogP contribution in [-0.2, 0) is 10.0 Å². The van der Waals surface area contributed by atoms with Crippen molar-refractivity contribution < 1.29 is 8.42 Å². The van der Waals surface area contributed by atoms with Crippen LogP contribution in [0.4, 0.5) is 0 Å². The van der Waals surface area contributed by atoms with Crippen molar-refractivity contribution in [1.29, 1.82) is 0 Å². The molecule has 0 aromatic carbocycles. The summed E-state index contributed by atoms with van der Waals surface area (Å²) >= 11 is 6.85. The number of hydrogen-bond donors (Lipinski definition) is 1. The second kappa shape index (κ2) is 7.75. The molecule has 1 saturated heterocycles. The molecule has 0 aliphatic carbocycles. The molecule has 1 N–H and O–H groups in total. The molecule has 1 aliphatic rings. The van der Waals surface area contributed by atoms with Crippen LogP contribution < -0.4 is 4.72 Å². The summed E-state index contributed by atoms with van der Waals surface area (Å²) in [5.41, 5.74) is 0. The third-order valence-corrected chi connectivity index (χ3v) is 6.64. The number of nitrogens with one attached hydrogen (secondary N) is 1. The summed E-state index contributed by atoms with van der Waals surface area (Å²) in [7, 11) is -3.38. The summed E-state index contributed by atoms with van der Waals surface area (Å²) < 4.78 is 27.4. The molecule has 1 fully saturated rings. The molecule has 0 amide bonds. The van der Waals surface area contributed by atoms with Crippen molar-refractivity contribution in [2.75, 3.05) is 26.2 Å². The first-order chi connectivity index (χ1) is 9.58. The van der Waals surface area contributed by atoms with Gasteiger partial charge in [-0.1, -0.05) is 24.4 Å². The van der Waals surface area contributed by atoms with Crippen LogP contribution in [0.1, 0.15) is 32.1 Å². The third-order valence-electron chi connectivity index (χ3n) is 3.46. The molecule has 0 spiro atoms. The highest BCUT2D eigenvalue weighted by Gasteiger charge is 2.16. The van der Waals surface area contributed by atoms with Crippen LogP contribution in [0.3, 0.4) is 0 Å². The van der Waals surface area contributed by atoms with E-state index in [9.17, 15) is 8.42 Å². The molecule has 114 valence electrons. The number of nitrogens with zero attached hydrogens (tertiary/aromatic N) is 1. The molecule has 2 rings (SSSR count). The molecule has 1 aliphatic heterocycles. The van der Waals surface area contributed by atoms with Crippen LogP contribution in [0, 0.1) is 0 Å². The highest BCUT2D eigenvalue weighted by atomic mass is 35.5. The summed E-state index contributed by atoms with van der Waals surface area (Å²) in [5, 5.41) is 0. The fourth-order valence-electron chi connectivity index (χ4n) is 2.38. The average molecular weight is 337 g/mol. The van der Waals surface area contributed by atoms with Crippen molar-refractivity contribution in [3.05, 3.63) is 16.5 Å².